The van der Waals surface area contributed by atoms with E-state index in [-0.39, 0.29) is 5.57 Å². The number of carbonyl (C=O) groups is 1. The van der Waals surface area contributed by atoms with Crippen LogP contribution in [0.15, 0.2) is 11.1 Å². The molecule has 2 fully saturated rings. The number of carbonyl (C=O) groups excluding carboxylic acids is 1. The third-order valence-corrected chi connectivity index (χ3v) is 3.30. The van der Waals surface area contributed by atoms with Crippen LogP contribution in [-0.2, 0) is 9.53 Å². The molecular formula is C12H16N2O2. The molecule has 16 heavy (non-hydrogen) atoms. The summed E-state index contributed by atoms with van der Waals surface area (Å²) in [5.41, 5.74) is 1.25. The molecule has 4 heteroatoms. The van der Waals surface area contributed by atoms with Crippen LogP contribution in [0.25, 0.3) is 0 Å². The number of nitrogens with zero attached hydrogens (tertiary/aromatic N) is 2. The Hall–Kier alpha value is -1.34. The first kappa shape index (κ1) is 11.2. The number of hydrogen-bond acceptors (Lipinski definition) is 4. The van der Waals surface area contributed by atoms with E-state index in [1.54, 1.807) is 6.92 Å². The summed E-state index contributed by atoms with van der Waals surface area (Å²) in [5.74, 6) is -0.0541. The lowest BCUT2D eigenvalue weighted by molar-refractivity contribution is -0.138. The number of nitriles is 1. The zero-order valence-electron chi connectivity index (χ0n) is 9.53. The van der Waals surface area contributed by atoms with Crippen molar-refractivity contribution in [2.45, 2.75) is 19.8 Å². The van der Waals surface area contributed by atoms with E-state index in [2.05, 4.69) is 4.90 Å². The van der Waals surface area contributed by atoms with E-state index in [1.165, 1.54) is 0 Å². The molecule has 0 aromatic rings. The van der Waals surface area contributed by atoms with Gasteiger partial charge < -0.3 is 4.74 Å². The van der Waals surface area contributed by atoms with Crippen LogP contribution >= 0.6 is 0 Å². The largest absolute Gasteiger partial charge is 0.462 e. The lowest BCUT2D eigenvalue weighted by Crippen LogP contribution is -2.25. The molecule has 2 atom stereocenters. The van der Waals surface area contributed by atoms with Crippen LogP contribution in [0.5, 0.6) is 0 Å². The van der Waals surface area contributed by atoms with Crippen LogP contribution in [0.2, 0.25) is 0 Å². The zero-order valence-corrected chi connectivity index (χ0v) is 9.53. The molecule has 86 valence electrons. The minimum Gasteiger partial charge on any atom is -0.462 e. The van der Waals surface area contributed by atoms with Crippen LogP contribution in [0.1, 0.15) is 19.8 Å². The standard InChI is InChI=1S/C12H16N2O2/c1-2-16-12(15)10(6-13)11-8-14-5-3-4-9(11)7-14/h9H,2-5,7-8H2,1H3. The fourth-order valence-electron chi connectivity index (χ4n) is 2.59. The first-order valence-corrected chi connectivity index (χ1v) is 5.79. The van der Waals surface area contributed by atoms with Crippen molar-refractivity contribution in [3.8, 4) is 6.07 Å². The molecule has 0 amide bonds. The number of fused-ring (bicyclic) bond motifs is 2. The molecule has 2 bridgehead atoms. The monoisotopic (exact) mass is 220 g/mol. The van der Waals surface area contributed by atoms with Crippen molar-refractivity contribution in [2.24, 2.45) is 5.92 Å². The van der Waals surface area contributed by atoms with E-state index in [0.717, 1.165) is 38.0 Å². The Morgan fingerprint density at radius 3 is 3.12 bits per heavy atom. The lowest BCUT2D eigenvalue weighted by Gasteiger charge is -2.20. The Morgan fingerprint density at radius 1 is 1.69 bits per heavy atom. The average Bonchev–Trinajstić information content (AvgIpc) is 2.56. The third-order valence-electron chi connectivity index (χ3n) is 3.30. The van der Waals surface area contributed by atoms with Gasteiger partial charge in [0.15, 0.2) is 0 Å². The Morgan fingerprint density at radius 2 is 2.50 bits per heavy atom. The van der Waals surface area contributed by atoms with Gasteiger partial charge in [0.25, 0.3) is 0 Å². The van der Waals surface area contributed by atoms with Crippen molar-refractivity contribution in [3.05, 3.63) is 11.1 Å². The second-order valence-electron chi connectivity index (χ2n) is 4.31. The quantitative estimate of drug-likeness (QED) is 0.397. The van der Waals surface area contributed by atoms with Gasteiger partial charge in [-0.2, -0.15) is 5.26 Å². The molecule has 0 N–H and O–H groups in total. The first-order valence-electron chi connectivity index (χ1n) is 5.79. The molecule has 0 spiro atoms. The van der Waals surface area contributed by atoms with Crippen molar-refractivity contribution in [3.63, 3.8) is 0 Å². The fourth-order valence-corrected chi connectivity index (χ4v) is 2.59. The van der Waals surface area contributed by atoms with E-state index in [9.17, 15) is 4.79 Å². The Kier molecular flexibility index (Phi) is 3.25. The number of esters is 1. The molecule has 2 rings (SSSR count). The predicted molar refractivity (Wildman–Crippen MR) is 58.4 cm³/mol. The minimum absolute atomic E-state index is 0.247. The molecule has 2 saturated heterocycles. The maximum atomic E-state index is 11.6. The van der Waals surface area contributed by atoms with Gasteiger partial charge in [0, 0.05) is 13.1 Å². The molecule has 2 aliphatic heterocycles. The average molecular weight is 220 g/mol. The molecule has 0 aliphatic carbocycles. The van der Waals surface area contributed by atoms with Gasteiger partial charge in [-0.05, 0) is 37.8 Å². The van der Waals surface area contributed by atoms with Crippen LogP contribution in [0, 0.1) is 17.2 Å². The number of rotatable bonds is 2. The van der Waals surface area contributed by atoms with E-state index in [1.807, 2.05) is 6.07 Å². The second kappa shape index (κ2) is 4.67. The lowest BCUT2D eigenvalue weighted by atomic mass is 9.93. The van der Waals surface area contributed by atoms with Crippen molar-refractivity contribution in [2.75, 3.05) is 26.2 Å². The molecule has 0 aromatic carbocycles. The van der Waals surface area contributed by atoms with E-state index < -0.39 is 5.97 Å². The molecule has 0 aromatic heterocycles. The van der Waals surface area contributed by atoms with Gasteiger partial charge in [0.2, 0.25) is 0 Å². The maximum absolute atomic E-state index is 11.6. The summed E-state index contributed by atoms with van der Waals surface area (Å²) in [4.78, 5) is 13.9. The van der Waals surface area contributed by atoms with Crippen LogP contribution in [-0.4, -0.2) is 37.1 Å². The van der Waals surface area contributed by atoms with Gasteiger partial charge in [0.1, 0.15) is 11.6 Å². The van der Waals surface area contributed by atoms with Gasteiger partial charge >= 0.3 is 5.97 Å². The summed E-state index contributed by atoms with van der Waals surface area (Å²) >= 11 is 0. The summed E-state index contributed by atoms with van der Waals surface area (Å²) in [5, 5.41) is 9.08. The molecule has 0 radical (unpaired) electrons. The Balaban J connectivity index is 2.24. The maximum Gasteiger partial charge on any atom is 0.348 e. The van der Waals surface area contributed by atoms with Crippen LogP contribution < -0.4 is 0 Å². The Bertz CT molecular complexity index is 368. The summed E-state index contributed by atoms with van der Waals surface area (Å²) in [7, 11) is 0. The van der Waals surface area contributed by atoms with Gasteiger partial charge in [-0.25, -0.2) is 4.79 Å². The van der Waals surface area contributed by atoms with Crippen LogP contribution in [0.4, 0.5) is 0 Å². The van der Waals surface area contributed by atoms with Gasteiger partial charge in [-0.1, -0.05) is 0 Å². The highest BCUT2D eigenvalue weighted by Crippen LogP contribution is 2.33. The topological polar surface area (TPSA) is 53.3 Å². The van der Waals surface area contributed by atoms with Crippen LogP contribution in [0.3, 0.4) is 0 Å². The highest BCUT2D eigenvalue weighted by Gasteiger charge is 2.34. The smallest absolute Gasteiger partial charge is 0.348 e. The summed E-state index contributed by atoms with van der Waals surface area (Å²) in [6.45, 7) is 4.94. The normalized spacial score (nSPS) is 30.8. The zero-order chi connectivity index (χ0) is 11.5. The van der Waals surface area contributed by atoms with Crippen molar-refractivity contribution < 1.29 is 9.53 Å². The molecule has 2 heterocycles. The molecular weight excluding hydrogens is 204 g/mol. The van der Waals surface area contributed by atoms with E-state index in [4.69, 9.17) is 10.00 Å². The Labute approximate surface area is 95.5 Å². The van der Waals surface area contributed by atoms with Gasteiger partial charge in [-0.3, -0.25) is 4.90 Å². The highest BCUT2D eigenvalue weighted by atomic mass is 16.5. The van der Waals surface area contributed by atoms with Crippen molar-refractivity contribution in [1.82, 2.24) is 4.90 Å². The SMILES string of the molecule is CCOC(=O)C(C#N)=C1CN2CCCC1C2. The van der Waals surface area contributed by atoms with Crippen molar-refractivity contribution >= 4 is 5.97 Å². The summed E-state index contributed by atoms with van der Waals surface area (Å²) < 4.78 is 4.92. The number of hydrogen-bond donors (Lipinski definition) is 0. The van der Waals surface area contributed by atoms with Gasteiger partial charge in [0.05, 0.1) is 6.61 Å². The molecule has 2 aliphatic rings. The highest BCUT2D eigenvalue weighted by molar-refractivity contribution is 5.94. The molecule has 4 nitrogen and oxygen atoms in total. The van der Waals surface area contributed by atoms with E-state index >= 15 is 0 Å². The first-order chi connectivity index (χ1) is 7.76. The molecule has 2 unspecified atom stereocenters. The van der Waals surface area contributed by atoms with E-state index in [0.29, 0.717) is 12.5 Å². The molecule has 0 saturated carbocycles. The summed E-state index contributed by atoms with van der Waals surface area (Å²) in [6, 6.07) is 2.02. The van der Waals surface area contributed by atoms with Crippen molar-refractivity contribution in [1.29, 1.82) is 5.26 Å². The summed E-state index contributed by atoms with van der Waals surface area (Å²) in [6.07, 6.45) is 2.26. The minimum atomic E-state index is -0.450. The predicted octanol–water partition coefficient (Wildman–Crippen LogP) is 1.10. The fraction of sp³-hybridized carbons (Fsp3) is 0.667. The second-order valence-corrected chi connectivity index (χ2v) is 4.31. The van der Waals surface area contributed by atoms with Gasteiger partial charge in [-0.15, -0.1) is 0 Å². The number of piperidine rings is 1. The number of ether oxygens (including phenoxy) is 1. The third kappa shape index (κ3) is 1.96.